The fourth-order valence-electron chi connectivity index (χ4n) is 2.84. The lowest BCUT2D eigenvalue weighted by Crippen LogP contribution is -2.36. The third-order valence-electron chi connectivity index (χ3n) is 4.29. The van der Waals surface area contributed by atoms with Gasteiger partial charge in [0.2, 0.25) is 11.7 Å². The predicted octanol–water partition coefficient (Wildman–Crippen LogP) is 3.12. The van der Waals surface area contributed by atoms with Crippen LogP contribution in [0.2, 0.25) is 0 Å². The summed E-state index contributed by atoms with van der Waals surface area (Å²) >= 11 is 0. The van der Waals surface area contributed by atoms with Crippen LogP contribution in [0, 0.1) is 5.92 Å². The zero-order valence-corrected chi connectivity index (χ0v) is 14.0. The Kier molecular flexibility index (Phi) is 5.90. The van der Waals surface area contributed by atoms with E-state index < -0.39 is 0 Å². The predicted molar refractivity (Wildman–Crippen MR) is 89.8 cm³/mol. The van der Waals surface area contributed by atoms with Crippen molar-refractivity contribution in [2.24, 2.45) is 5.92 Å². The highest BCUT2D eigenvalue weighted by Crippen LogP contribution is 2.37. The van der Waals surface area contributed by atoms with Gasteiger partial charge in [0.15, 0.2) is 11.5 Å². The Balaban J connectivity index is 2.00. The van der Waals surface area contributed by atoms with Gasteiger partial charge in [-0.15, -0.1) is 0 Å². The minimum atomic E-state index is -0.101. The number of hydrogen-bond donors (Lipinski definition) is 2. The van der Waals surface area contributed by atoms with Gasteiger partial charge < -0.3 is 19.9 Å². The molecule has 0 spiro atoms. The van der Waals surface area contributed by atoms with Crippen LogP contribution < -0.4 is 14.8 Å². The smallest absolute Gasteiger partial charge is 0.244 e. The van der Waals surface area contributed by atoms with Crippen molar-refractivity contribution >= 4 is 12.0 Å². The molecular weight excluding hydrogens is 294 g/mol. The first-order valence-corrected chi connectivity index (χ1v) is 7.97. The number of nitrogens with one attached hydrogen (secondary N) is 1. The van der Waals surface area contributed by atoms with Gasteiger partial charge in [-0.3, -0.25) is 4.79 Å². The van der Waals surface area contributed by atoms with Gasteiger partial charge in [-0.05, 0) is 55.4 Å². The molecule has 0 radical (unpaired) electrons. The number of aromatic hydroxyl groups is 1. The summed E-state index contributed by atoms with van der Waals surface area (Å²) in [6, 6.07) is 3.58. The second-order valence-electron chi connectivity index (χ2n) is 6.07. The average Bonchev–Trinajstić information content (AvgIpc) is 2.56. The number of benzene rings is 1. The molecule has 2 N–H and O–H groups in total. The van der Waals surface area contributed by atoms with E-state index in [4.69, 9.17) is 9.47 Å². The zero-order valence-electron chi connectivity index (χ0n) is 14.0. The van der Waals surface area contributed by atoms with Crippen molar-refractivity contribution in [3.05, 3.63) is 23.8 Å². The number of carbonyl (C=O) groups is 1. The van der Waals surface area contributed by atoms with Gasteiger partial charge in [-0.1, -0.05) is 6.92 Å². The number of phenolic OH excluding ortho intramolecular Hbond substituents is 1. The molecule has 0 aromatic heterocycles. The molecule has 1 aliphatic rings. The standard InChI is InChI=1S/C18H25NO4/c1-12-4-7-14(8-5-12)19-17(20)9-6-13-10-15(22-2)18(21)16(11-13)23-3/h6,9-12,14,21H,4-5,7-8H2,1-3H3,(H,19,20). The molecule has 0 bridgehead atoms. The molecule has 5 nitrogen and oxygen atoms in total. The van der Waals surface area contributed by atoms with Crippen LogP contribution in [0.1, 0.15) is 38.2 Å². The van der Waals surface area contributed by atoms with Crippen LogP contribution in [-0.2, 0) is 4.79 Å². The van der Waals surface area contributed by atoms with Crippen molar-refractivity contribution in [1.82, 2.24) is 5.32 Å². The van der Waals surface area contributed by atoms with Gasteiger partial charge in [0.1, 0.15) is 0 Å². The number of rotatable bonds is 5. The van der Waals surface area contributed by atoms with E-state index in [2.05, 4.69) is 12.2 Å². The second-order valence-corrected chi connectivity index (χ2v) is 6.07. The quantitative estimate of drug-likeness (QED) is 0.818. The first-order valence-electron chi connectivity index (χ1n) is 7.97. The minimum absolute atomic E-state index is 0.0482. The van der Waals surface area contributed by atoms with Crippen molar-refractivity contribution < 1.29 is 19.4 Å². The largest absolute Gasteiger partial charge is 0.502 e. The number of methoxy groups -OCH3 is 2. The maximum absolute atomic E-state index is 12.0. The molecule has 2 rings (SSSR count). The summed E-state index contributed by atoms with van der Waals surface area (Å²) in [6.45, 7) is 2.25. The molecule has 1 fully saturated rings. The summed E-state index contributed by atoms with van der Waals surface area (Å²) < 4.78 is 10.2. The van der Waals surface area contributed by atoms with Crippen molar-refractivity contribution in [1.29, 1.82) is 0 Å². The Labute approximate surface area is 137 Å². The van der Waals surface area contributed by atoms with Crippen molar-refractivity contribution in [3.63, 3.8) is 0 Å². The first-order chi connectivity index (χ1) is 11.0. The van der Waals surface area contributed by atoms with Crippen LogP contribution in [0.3, 0.4) is 0 Å². The second kappa shape index (κ2) is 7.90. The maximum atomic E-state index is 12.0. The number of phenols is 1. The normalized spacial score (nSPS) is 21.2. The van der Waals surface area contributed by atoms with Gasteiger partial charge in [-0.2, -0.15) is 0 Å². The monoisotopic (exact) mass is 319 g/mol. The van der Waals surface area contributed by atoms with Crippen molar-refractivity contribution in [2.75, 3.05) is 14.2 Å². The fourth-order valence-corrected chi connectivity index (χ4v) is 2.84. The lowest BCUT2D eigenvalue weighted by Gasteiger charge is -2.26. The van der Waals surface area contributed by atoms with Crippen LogP contribution in [0.5, 0.6) is 17.2 Å². The molecule has 5 heteroatoms. The van der Waals surface area contributed by atoms with E-state index in [1.54, 1.807) is 18.2 Å². The number of hydrogen-bond acceptors (Lipinski definition) is 4. The Morgan fingerprint density at radius 2 is 1.74 bits per heavy atom. The summed E-state index contributed by atoms with van der Waals surface area (Å²) in [5.74, 6) is 1.23. The first kappa shape index (κ1) is 17.2. The van der Waals surface area contributed by atoms with Crippen molar-refractivity contribution in [3.8, 4) is 17.2 Å². The Morgan fingerprint density at radius 1 is 1.17 bits per heavy atom. The van der Waals surface area contributed by atoms with Gasteiger partial charge >= 0.3 is 0 Å². The maximum Gasteiger partial charge on any atom is 0.244 e. The molecule has 1 amide bonds. The molecule has 126 valence electrons. The number of ether oxygens (including phenoxy) is 2. The van der Waals surface area contributed by atoms with E-state index in [0.717, 1.165) is 24.3 Å². The lowest BCUT2D eigenvalue weighted by atomic mass is 9.87. The third kappa shape index (κ3) is 4.65. The van der Waals surface area contributed by atoms with Crippen LogP contribution >= 0.6 is 0 Å². The van der Waals surface area contributed by atoms with E-state index in [9.17, 15) is 9.90 Å². The van der Waals surface area contributed by atoms with E-state index in [0.29, 0.717) is 11.5 Å². The van der Waals surface area contributed by atoms with Crippen molar-refractivity contribution in [2.45, 2.75) is 38.6 Å². The SMILES string of the molecule is COc1cc(C=CC(=O)NC2CCC(C)CC2)cc(OC)c1O. The van der Waals surface area contributed by atoms with E-state index in [-0.39, 0.29) is 17.7 Å². The minimum Gasteiger partial charge on any atom is -0.502 e. The molecule has 0 aliphatic heterocycles. The molecule has 1 aromatic carbocycles. The Morgan fingerprint density at radius 3 is 2.26 bits per heavy atom. The molecular formula is C18H25NO4. The van der Waals surface area contributed by atoms with Crippen LogP contribution in [0.15, 0.2) is 18.2 Å². The Hall–Kier alpha value is -2.17. The molecule has 0 saturated heterocycles. The topological polar surface area (TPSA) is 67.8 Å². The van der Waals surface area contributed by atoms with Gasteiger partial charge in [-0.25, -0.2) is 0 Å². The fraction of sp³-hybridized carbons (Fsp3) is 0.500. The molecule has 1 aromatic rings. The van der Waals surface area contributed by atoms with Gasteiger partial charge in [0, 0.05) is 12.1 Å². The van der Waals surface area contributed by atoms with Crippen LogP contribution in [0.25, 0.3) is 6.08 Å². The van der Waals surface area contributed by atoms with Gasteiger partial charge in [0.25, 0.3) is 0 Å². The summed E-state index contributed by atoms with van der Waals surface area (Å²) in [4.78, 5) is 12.0. The summed E-state index contributed by atoms with van der Waals surface area (Å²) in [5.41, 5.74) is 0.726. The molecule has 1 saturated carbocycles. The summed E-state index contributed by atoms with van der Waals surface area (Å²) in [5, 5.41) is 12.9. The molecule has 0 heterocycles. The highest BCUT2D eigenvalue weighted by Gasteiger charge is 2.18. The molecule has 0 unspecified atom stereocenters. The highest BCUT2D eigenvalue weighted by molar-refractivity contribution is 5.92. The van der Waals surface area contributed by atoms with E-state index in [1.165, 1.54) is 33.1 Å². The third-order valence-corrected chi connectivity index (χ3v) is 4.29. The number of carbonyl (C=O) groups excluding carboxylic acids is 1. The van der Waals surface area contributed by atoms with Crippen LogP contribution in [0.4, 0.5) is 0 Å². The van der Waals surface area contributed by atoms with Gasteiger partial charge in [0.05, 0.1) is 14.2 Å². The van der Waals surface area contributed by atoms with Crippen LogP contribution in [-0.4, -0.2) is 31.3 Å². The summed E-state index contributed by atoms with van der Waals surface area (Å²) in [7, 11) is 2.94. The van der Waals surface area contributed by atoms with E-state index in [1.807, 2.05) is 0 Å². The highest BCUT2D eigenvalue weighted by atomic mass is 16.5. The molecule has 23 heavy (non-hydrogen) atoms. The lowest BCUT2D eigenvalue weighted by molar-refractivity contribution is -0.117. The Bertz CT molecular complexity index is 549. The molecule has 0 atom stereocenters. The molecule has 1 aliphatic carbocycles. The number of amides is 1. The summed E-state index contributed by atoms with van der Waals surface area (Å²) in [6.07, 6.45) is 7.61. The van der Waals surface area contributed by atoms with E-state index >= 15 is 0 Å². The average molecular weight is 319 g/mol. The zero-order chi connectivity index (χ0) is 16.8.